The van der Waals surface area contributed by atoms with Crippen molar-refractivity contribution >= 4 is 23.2 Å². The maximum absolute atomic E-state index is 5.93. The van der Waals surface area contributed by atoms with Crippen LogP contribution < -0.4 is 4.74 Å². The summed E-state index contributed by atoms with van der Waals surface area (Å²) in [5, 5.41) is 0.695. The Hall–Kier alpha value is -1.25. The molecule has 15 heavy (non-hydrogen) atoms. The summed E-state index contributed by atoms with van der Waals surface area (Å²) in [6.07, 6.45) is 3.27. The highest BCUT2D eigenvalue weighted by Crippen LogP contribution is 2.33. The fourth-order valence-electron chi connectivity index (χ4n) is 1.05. The van der Waals surface area contributed by atoms with Crippen molar-refractivity contribution in [2.45, 2.75) is 0 Å². The van der Waals surface area contributed by atoms with Gasteiger partial charge in [0, 0.05) is 12.3 Å². The van der Waals surface area contributed by atoms with Crippen LogP contribution in [0.1, 0.15) is 0 Å². The van der Waals surface area contributed by atoms with Gasteiger partial charge in [0.15, 0.2) is 0 Å². The van der Waals surface area contributed by atoms with E-state index in [0.717, 1.165) is 0 Å². The van der Waals surface area contributed by atoms with E-state index in [0.29, 0.717) is 21.5 Å². The smallest absolute Gasteiger partial charge is 0.147 e. The molecule has 75 valence electrons. The Bertz CT molecular complexity index is 459. The number of pyridine rings is 1. The number of hydrogen-bond donors (Lipinski definition) is 0. The van der Waals surface area contributed by atoms with Crippen molar-refractivity contribution in [1.29, 1.82) is 0 Å². The van der Waals surface area contributed by atoms with Gasteiger partial charge < -0.3 is 4.74 Å². The molecule has 0 spiro atoms. The first-order valence-corrected chi connectivity index (χ1v) is 4.96. The lowest BCUT2D eigenvalue weighted by molar-refractivity contribution is 0.480. The number of nitrogens with zero attached hydrogens (tertiary/aromatic N) is 1. The SMILES string of the molecule is Clc1[c]ccc(Oc2cccnc2)c1Cl. The minimum absolute atomic E-state index is 0.345. The predicted octanol–water partition coefficient (Wildman–Crippen LogP) is 3.98. The van der Waals surface area contributed by atoms with Crippen LogP contribution in [-0.4, -0.2) is 4.98 Å². The van der Waals surface area contributed by atoms with Gasteiger partial charge >= 0.3 is 0 Å². The van der Waals surface area contributed by atoms with Crippen LogP contribution in [0.2, 0.25) is 10.0 Å². The van der Waals surface area contributed by atoms with Gasteiger partial charge in [-0.3, -0.25) is 4.98 Å². The molecule has 0 bridgehead atoms. The normalized spacial score (nSPS) is 10.0. The first-order chi connectivity index (χ1) is 7.27. The molecule has 0 saturated carbocycles. The average Bonchev–Trinajstić information content (AvgIpc) is 2.26. The van der Waals surface area contributed by atoms with Gasteiger partial charge in [0.05, 0.1) is 11.2 Å². The molecule has 0 N–H and O–H groups in total. The Balaban J connectivity index is 2.29. The topological polar surface area (TPSA) is 22.1 Å². The first kappa shape index (κ1) is 10.3. The summed E-state index contributed by atoms with van der Waals surface area (Å²) in [4.78, 5) is 3.92. The highest BCUT2D eigenvalue weighted by molar-refractivity contribution is 6.42. The van der Waals surface area contributed by atoms with Crippen molar-refractivity contribution in [3.8, 4) is 11.5 Å². The van der Waals surface area contributed by atoms with E-state index in [9.17, 15) is 0 Å². The van der Waals surface area contributed by atoms with Gasteiger partial charge in [-0.15, -0.1) is 0 Å². The molecule has 1 heterocycles. The summed E-state index contributed by atoms with van der Waals surface area (Å²) in [6.45, 7) is 0. The third kappa shape index (κ3) is 2.41. The summed E-state index contributed by atoms with van der Waals surface area (Å²) >= 11 is 11.7. The minimum atomic E-state index is 0.345. The zero-order valence-corrected chi connectivity index (χ0v) is 9.09. The van der Waals surface area contributed by atoms with Gasteiger partial charge in [0.25, 0.3) is 0 Å². The number of rotatable bonds is 2. The molecule has 2 rings (SSSR count). The van der Waals surface area contributed by atoms with Gasteiger partial charge in [-0.05, 0) is 24.3 Å². The van der Waals surface area contributed by atoms with Crippen molar-refractivity contribution in [2.75, 3.05) is 0 Å². The van der Waals surface area contributed by atoms with Crippen molar-refractivity contribution in [1.82, 2.24) is 4.98 Å². The third-order valence-corrected chi connectivity index (χ3v) is 2.49. The van der Waals surface area contributed by atoms with E-state index in [4.69, 9.17) is 27.9 Å². The molecule has 0 fully saturated rings. The lowest BCUT2D eigenvalue weighted by Crippen LogP contribution is -1.86. The summed E-state index contributed by atoms with van der Waals surface area (Å²) in [5.41, 5.74) is 0. The van der Waals surface area contributed by atoms with E-state index in [2.05, 4.69) is 11.1 Å². The standard InChI is InChI=1S/C11H6Cl2NO/c12-9-4-1-5-10(11(9)13)15-8-3-2-6-14-7-8/h1-3,5-7H. The molecule has 0 aliphatic carbocycles. The Kier molecular flexibility index (Phi) is 3.09. The van der Waals surface area contributed by atoms with Crippen LogP contribution in [0.4, 0.5) is 0 Å². The van der Waals surface area contributed by atoms with Crippen LogP contribution in [0.15, 0.2) is 36.7 Å². The third-order valence-electron chi connectivity index (χ3n) is 1.72. The molecule has 2 nitrogen and oxygen atoms in total. The van der Waals surface area contributed by atoms with E-state index in [-0.39, 0.29) is 0 Å². The largest absolute Gasteiger partial charge is 0.454 e. The second kappa shape index (κ2) is 4.51. The van der Waals surface area contributed by atoms with Crippen molar-refractivity contribution in [3.05, 3.63) is 52.8 Å². The minimum Gasteiger partial charge on any atom is -0.454 e. The second-order valence-electron chi connectivity index (χ2n) is 2.76. The molecule has 0 aliphatic heterocycles. The van der Waals surface area contributed by atoms with Crippen molar-refractivity contribution in [3.63, 3.8) is 0 Å². The molecule has 0 unspecified atom stereocenters. The van der Waals surface area contributed by atoms with E-state index in [1.54, 1.807) is 36.7 Å². The zero-order valence-electron chi connectivity index (χ0n) is 7.58. The lowest BCUT2D eigenvalue weighted by atomic mass is 10.3. The maximum Gasteiger partial charge on any atom is 0.147 e. The highest BCUT2D eigenvalue weighted by Gasteiger charge is 2.06. The lowest BCUT2D eigenvalue weighted by Gasteiger charge is -2.07. The Morgan fingerprint density at radius 2 is 2.13 bits per heavy atom. The summed E-state index contributed by atoms with van der Waals surface area (Å²) in [6, 6.07) is 9.68. The van der Waals surface area contributed by atoms with Crippen LogP contribution in [0, 0.1) is 6.07 Å². The molecular weight excluding hydrogens is 233 g/mol. The maximum atomic E-state index is 5.93. The molecule has 1 aromatic heterocycles. The summed E-state index contributed by atoms with van der Waals surface area (Å²) in [7, 11) is 0. The average molecular weight is 239 g/mol. The molecule has 4 heteroatoms. The van der Waals surface area contributed by atoms with Crippen LogP contribution in [0.3, 0.4) is 0 Å². The quantitative estimate of drug-likeness (QED) is 0.790. The predicted molar refractivity (Wildman–Crippen MR) is 59.6 cm³/mol. The Labute approximate surface area is 97.4 Å². The number of ether oxygens (including phenoxy) is 1. The van der Waals surface area contributed by atoms with Gasteiger partial charge in [-0.25, -0.2) is 0 Å². The molecule has 0 aliphatic rings. The summed E-state index contributed by atoms with van der Waals surface area (Å²) < 4.78 is 5.49. The molecular formula is C11H6Cl2NO. The zero-order chi connectivity index (χ0) is 10.7. The van der Waals surface area contributed by atoms with Crippen LogP contribution in [-0.2, 0) is 0 Å². The fraction of sp³-hybridized carbons (Fsp3) is 0. The van der Waals surface area contributed by atoms with Crippen LogP contribution >= 0.6 is 23.2 Å². The second-order valence-corrected chi connectivity index (χ2v) is 3.52. The van der Waals surface area contributed by atoms with Gasteiger partial charge in [0.2, 0.25) is 0 Å². The molecule has 1 radical (unpaired) electrons. The first-order valence-electron chi connectivity index (χ1n) is 4.21. The highest BCUT2D eigenvalue weighted by atomic mass is 35.5. The molecule has 0 saturated heterocycles. The van der Waals surface area contributed by atoms with E-state index in [1.807, 2.05) is 0 Å². The summed E-state index contributed by atoms with van der Waals surface area (Å²) in [5.74, 6) is 1.11. The van der Waals surface area contributed by atoms with Gasteiger partial charge in [-0.2, -0.15) is 0 Å². The van der Waals surface area contributed by atoms with E-state index < -0.39 is 0 Å². The van der Waals surface area contributed by atoms with Crippen LogP contribution in [0.5, 0.6) is 11.5 Å². The van der Waals surface area contributed by atoms with Gasteiger partial charge in [0.1, 0.15) is 16.5 Å². The van der Waals surface area contributed by atoms with E-state index >= 15 is 0 Å². The molecule has 2 aromatic rings. The van der Waals surface area contributed by atoms with Crippen molar-refractivity contribution < 1.29 is 4.74 Å². The number of hydrogen-bond acceptors (Lipinski definition) is 2. The number of aromatic nitrogens is 1. The van der Waals surface area contributed by atoms with E-state index in [1.165, 1.54) is 0 Å². The fourth-order valence-corrected chi connectivity index (χ4v) is 1.36. The van der Waals surface area contributed by atoms with Crippen LogP contribution in [0.25, 0.3) is 0 Å². The Morgan fingerprint density at radius 3 is 2.87 bits per heavy atom. The molecule has 1 aromatic carbocycles. The molecule has 0 amide bonds. The monoisotopic (exact) mass is 238 g/mol. The molecule has 0 atom stereocenters. The number of benzene rings is 1. The van der Waals surface area contributed by atoms with Crippen molar-refractivity contribution in [2.24, 2.45) is 0 Å². The number of halogens is 2. The Morgan fingerprint density at radius 1 is 1.27 bits per heavy atom. The van der Waals surface area contributed by atoms with Gasteiger partial charge in [-0.1, -0.05) is 23.2 Å².